The Morgan fingerprint density at radius 1 is 1.25 bits per heavy atom. The minimum Gasteiger partial charge on any atom is -0.497 e. The number of carboxylic acids is 1. The molecule has 1 heterocycles. The van der Waals surface area contributed by atoms with Gasteiger partial charge in [-0.2, -0.15) is 0 Å². The zero-order chi connectivity index (χ0) is 14.5. The second-order valence-corrected chi connectivity index (χ2v) is 5.23. The number of hydrogen-bond acceptors (Lipinski definition) is 4. The molecule has 1 aliphatic heterocycles. The van der Waals surface area contributed by atoms with E-state index in [1.165, 1.54) is 0 Å². The maximum Gasteiger partial charge on any atom is 0.305 e. The molecule has 0 aromatic heterocycles. The summed E-state index contributed by atoms with van der Waals surface area (Å²) in [4.78, 5) is 15.7. The highest BCUT2D eigenvalue weighted by molar-refractivity contribution is 5.68. The van der Waals surface area contributed by atoms with Gasteiger partial charge in [0.2, 0.25) is 0 Å². The molecule has 20 heavy (non-hydrogen) atoms. The summed E-state index contributed by atoms with van der Waals surface area (Å²) < 4.78 is 5.15. The lowest BCUT2D eigenvalue weighted by Gasteiger charge is -2.37. The summed E-state index contributed by atoms with van der Waals surface area (Å²) in [5, 5.41) is 9.17. The summed E-state index contributed by atoms with van der Waals surface area (Å²) in [5.41, 5.74) is 1.04. The third kappa shape index (κ3) is 3.71. The molecule has 0 spiro atoms. The second-order valence-electron chi connectivity index (χ2n) is 5.23. The average molecular weight is 278 g/mol. The molecule has 1 fully saturated rings. The number of likely N-dealkylation sites (N-methyl/N-ethyl adjacent to an activating group) is 1. The van der Waals surface area contributed by atoms with E-state index in [0.717, 1.165) is 37.5 Å². The van der Waals surface area contributed by atoms with Crippen molar-refractivity contribution in [1.29, 1.82) is 0 Å². The van der Waals surface area contributed by atoms with E-state index in [4.69, 9.17) is 9.84 Å². The van der Waals surface area contributed by atoms with Crippen molar-refractivity contribution in [3.8, 4) is 5.75 Å². The van der Waals surface area contributed by atoms with E-state index in [2.05, 4.69) is 16.8 Å². The molecular weight excluding hydrogens is 256 g/mol. The van der Waals surface area contributed by atoms with Crippen LogP contribution in [-0.4, -0.2) is 61.2 Å². The zero-order valence-corrected chi connectivity index (χ0v) is 12.1. The lowest BCUT2D eigenvalue weighted by Crippen LogP contribution is -2.46. The molecule has 1 saturated heterocycles. The van der Waals surface area contributed by atoms with Crippen molar-refractivity contribution in [3.63, 3.8) is 0 Å². The first kappa shape index (κ1) is 14.8. The molecule has 110 valence electrons. The number of hydrogen-bond donors (Lipinski definition) is 1. The Hall–Kier alpha value is -1.59. The molecule has 0 aliphatic carbocycles. The Labute approximate surface area is 119 Å². The molecule has 0 amide bonds. The fourth-order valence-electron chi connectivity index (χ4n) is 2.58. The quantitative estimate of drug-likeness (QED) is 0.883. The molecule has 0 radical (unpaired) electrons. The normalized spacial score (nSPS) is 18.7. The second kappa shape index (κ2) is 6.72. The molecule has 1 aliphatic rings. The van der Waals surface area contributed by atoms with Crippen LogP contribution in [0.4, 0.5) is 0 Å². The summed E-state index contributed by atoms with van der Waals surface area (Å²) in [7, 11) is 3.72. The summed E-state index contributed by atoms with van der Waals surface area (Å²) in [6.07, 6.45) is 0.135. The van der Waals surface area contributed by atoms with Crippen LogP contribution >= 0.6 is 0 Å². The molecule has 2 rings (SSSR count). The SMILES string of the molecule is COc1ccc([C@@H](CC(=O)O)N2CCN(C)CC2)cc1. The van der Waals surface area contributed by atoms with Crippen LogP contribution in [0, 0.1) is 0 Å². The molecule has 0 saturated carbocycles. The van der Waals surface area contributed by atoms with E-state index in [-0.39, 0.29) is 12.5 Å². The average Bonchev–Trinajstić information content (AvgIpc) is 2.46. The van der Waals surface area contributed by atoms with Gasteiger partial charge < -0.3 is 14.7 Å². The lowest BCUT2D eigenvalue weighted by molar-refractivity contribution is -0.138. The van der Waals surface area contributed by atoms with Crippen LogP contribution in [-0.2, 0) is 4.79 Å². The van der Waals surface area contributed by atoms with Crippen molar-refractivity contribution in [2.75, 3.05) is 40.3 Å². The van der Waals surface area contributed by atoms with Gasteiger partial charge in [-0.25, -0.2) is 0 Å². The van der Waals surface area contributed by atoms with Gasteiger partial charge in [-0.05, 0) is 24.7 Å². The Kier molecular flexibility index (Phi) is 4.98. The van der Waals surface area contributed by atoms with Gasteiger partial charge in [0.05, 0.1) is 13.5 Å². The van der Waals surface area contributed by atoms with E-state index in [9.17, 15) is 4.79 Å². The maximum atomic E-state index is 11.2. The van der Waals surface area contributed by atoms with E-state index in [1.54, 1.807) is 7.11 Å². The fourth-order valence-corrected chi connectivity index (χ4v) is 2.58. The van der Waals surface area contributed by atoms with Crippen LogP contribution in [0.5, 0.6) is 5.75 Å². The van der Waals surface area contributed by atoms with Gasteiger partial charge >= 0.3 is 5.97 Å². The van der Waals surface area contributed by atoms with E-state index < -0.39 is 5.97 Å². The maximum absolute atomic E-state index is 11.2. The highest BCUT2D eigenvalue weighted by Crippen LogP contribution is 2.27. The Bertz CT molecular complexity index is 439. The first-order valence-electron chi connectivity index (χ1n) is 6.88. The van der Waals surface area contributed by atoms with Gasteiger partial charge in [-0.15, -0.1) is 0 Å². The summed E-state index contributed by atoms with van der Waals surface area (Å²) in [6, 6.07) is 7.64. The summed E-state index contributed by atoms with van der Waals surface area (Å²) >= 11 is 0. The predicted octanol–water partition coefficient (Wildman–Crippen LogP) is 1.46. The Morgan fingerprint density at radius 2 is 1.85 bits per heavy atom. The van der Waals surface area contributed by atoms with Gasteiger partial charge in [0.15, 0.2) is 0 Å². The standard InChI is InChI=1S/C15H22N2O3/c1-16-7-9-17(10-8-16)14(11-15(18)19)12-3-5-13(20-2)6-4-12/h3-6,14H,7-11H2,1-2H3,(H,18,19)/t14-/m1/s1. The van der Waals surface area contributed by atoms with Crippen molar-refractivity contribution in [3.05, 3.63) is 29.8 Å². The highest BCUT2D eigenvalue weighted by Gasteiger charge is 2.25. The van der Waals surface area contributed by atoms with Crippen LogP contribution in [0.3, 0.4) is 0 Å². The Balaban J connectivity index is 2.15. The number of nitrogens with zero attached hydrogens (tertiary/aromatic N) is 2. The van der Waals surface area contributed by atoms with Gasteiger partial charge in [0.25, 0.3) is 0 Å². The van der Waals surface area contributed by atoms with Gasteiger partial charge in [0, 0.05) is 32.2 Å². The van der Waals surface area contributed by atoms with Crippen LogP contribution in [0.2, 0.25) is 0 Å². The van der Waals surface area contributed by atoms with Crippen molar-refractivity contribution in [1.82, 2.24) is 9.80 Å². The van der Waals surface area contributed by atoms with Crippen molar-refractivity contribution in [2.24, 2.45) is 0 Å². The lowest BCUT2D eigenvalue weighted by atomic mass is 10.0. The molecular formula is C15H22N2O3. The van der Waals surface area contributed by atoms with Crippen LogP contribution in [0.1, 0.15) is 18.0 Å². The molecule has 1 atom stereocenters. The van der Waals surface area contributed by atoms with E-state index in [1.807, 2.05) is 24.3 Å². The van der Waals surface area contributed by atoms with Crippen LogP contribution in [0.15, 0.2) is 24.3 Å². The molecule has 5 nitrogen and oxygen atoms in total. The number of carbonyl (C=O) groups is 1. The van der Waals surface area contributed by atoms with Gasteiger partial charge in [-0.1, -0.05) is 12.1 Å². The number of ether oxygens (including phenoxy) is 1. The molecule has 0 bridgehead atoms. The molecule has 1 aromatic rings. The van der Waals surface area contributed by atoms with Crippen molar-refractivity contribution >= 4 is 5.97 Å². The van der Waals surface area contributed by atoms with E-state index >= 15 is 0 Å². The molecule has 1 aromatic carbocycles. The third-order valence-corrected chi connectivity index (χ3v) is 3.85. The topological polar surface area (TPSA) is 53.0 Å². The van der Waals surface area contributed by atoms with Crippen LogP contribution < -0.4 is 4.74 Å². The fraction of sp³-hybridized carbons (Fsp3) is 0.533. The number of carboxylic acid groups (broad SMARTS) is 1. The Morgan fingerprint density at radius 3 is 2.35 bits per heavy atom. The largest absolute Gasteiger partial charge is 0.497 e. The van der Waals surface area contributed by atoms with Gasteiger partial charge in [0.1, 0.15) is 5.75 Å². The number of rotatable bonds is 5. The molecule has 1 N–H and O–H groups in total. The van der Waals surface area contributed by atoms with E-state index in [0.29, 0.717) is 0 Å². The zero-order valence-electron chi connectivity index (χ0n) is 12.1. The smallest absolute Gasteiger partial charge is 0.305 e. The van der Waals surface area contributed by atoms with Crippen molar-refractivity contribution < 1.29 is 14.6 Å². The molecule has 0 unspecified atom stereocenters. The minimum atomic E-state index is -0.759. The summed E-state index contributed by atoms with van der Waals surface area (Å²) in [6.45, 7) is 3.76. The number of benzene rings is 1. The first-order chi connectivity index (χ1) is 9.60. The number of piperazine rings is 1. The third-order valence-electron chi connectivity index (χ3n) is 3.85. The highest BCUT2D eigenvalue weighted by atomic mass is 16.5. The minimum absolute atomic E-state index is 0.0629. The molecule has 5 heteroatoms. The number of methoxy groups -OCH3 is 1. The summed E-state index contributed by atoms with van der Waals surface area (Å²) in [5.74, 6) is 0.0333. The monoisotopic (exact) mass is 278 g/mol. The van der Waals surface area contributed by atoms with Gasteiger partial charge in [-0.3, -0.25) is 9.69 Å². The van der Waals surface area contributed by atoms with Crippen molar-refractivity contribution in [2.45, 2.75) is 12.5 Å². The predicted molar refractivity (Wildman–Crippen MR) is 77.1 cm³/mol. The number of aliphatic carboxylic acids is 1. The first-order valence-corrected chi connectivity index (χ1v) is 6.88. The van der Waals surface area contributed by atoms with Crippen LogP contribution in [0.25, 0.3) is 0 Å².